The average molecular weight is 335 g/mol. The van der Waals surface area contributed by atoms with E-state index in [9.17, 15) is 13.2 Å². The topological polar surface area (TPSA) is 84.6 Å². The lowest BCUT2D eigenvalue weighted by Crippen LogP contribution is -2.05. The molecule has 0 unspecified atom stereocenters. The number of carboxylic acids is 1. The van der Waals surface area contributed by atoms with E-state index in [1.54, 1.807) is 0 Å². The van der Waals surface area contributed by atoms with Gasteiger partial charge in [-0.25, -0.2) is 13.2 Å². The molecule has 0 atom stereocenters. The van der Waals surface area contributed by atoms with Gasteiger partial charge < -0.3 is 9.52 Å². The minimum Gasteiger partial charge on any atom is -0.478 e. The fourth-order valence-corrected chi connectivity index (χ4v) is 3.61. The number of carbonyl (C=O) groups is 1. The highest BCUT2D eigenvalue weighted by Gasteiger charge is 2.22. The van der Waals surface area contributed by atoms with Gasteiger partial charge >= 0.3 is 5.97 Å². The van der Waals surface area contributed by atoms with Gasteiger partial charge in [0.15, 0.2) is 9.84 Å². The van der Waals surface area contributed by atoms with Gasteiger partial charge in [-0.1, -0.05) is 23.2 Å². The van der Waals surface area contributed by atoms with Crippen LogP contribution in [0.4, 0.5) is 0 Å². The zero-order valence-corrected chi connectivity index (χ0v) is 12.2. The van der Waals surface area contributed by atoms with E-state index >= 15 is 0 Å². The van der Waals surface area contributed by atoms with Gasteiger partial charge in [0.2, 0.25) is 0 Å². The summed E-state index contributed by atoms with van der Waals surface area (Å²) < 4.78 is 29.3. The molecule has 0 spiro atoms. The van der Waals surface area contributed by atoms with Crippen LogP contribution in [0.15, 0.2) is 39.8 Å². The third-order valence-corrected chi connectivity index (χ3v) is 4.81. The van der Waals surface area contributed by atoms with E-state index < -0.39 is 21.6 Å². The summed E-state index contributed by atoms with van der Waals surface area (Å²) in [6.07, 6.45) is 0.979. The summed E-state index contributed by atoms with van der Waals surface area (Å²) in [5, 5.41) is 9.02. The highest BCUT2D eigenvalue weighted by molar-refractivity contribution is 7.90. The van der Waals surface area contributed by atoms with Crippen molar-refractivity contribution in [1.82, 2.24) is 0 Å². The van der Waals surface area contributed by atoms with Gasteiger partial charge in [-0.2, -0.15) is 0 Å². The Balaban J connectivity index is 2.35. The monoisotopic (exact) mass is 334 g/mol. The first kappa shape index (κ1) is 14.9. The standard InChI is InChI=1S/C12H8Cl2O5S/c13-8-1-2-10(14)11(4-8)20(17,18)6-9-3-7(5-19-9)12(15)16/h1-5H,6H2,(H,15,16). The normalized spacial score (nSPS) is 11.5. The van der Waals surface area contributed by atoms with Crippen LogP contribution in [-0.4, -0.2) is 19.5 Å². The van der Waals surface area contributed by atoms with Gasteiger partial charge in [0.05, 0.1) is 15.5 Å². The van der Waals surface area contributed by atoms with Crippen molar-refractivity contribution >= 4 is 39.0 Å². The number of carboxylic acid groups (broad SMARTS) is 1. The fraction of sp³-hybridized carbons (Fsp3) is 0.0833. The second-order valence-corrected chi connectivity index (χ2v) is 6.74. The summed E-state index contributed by atoms with van der Waals surface area (Å²) in [4.78, 5) is 10.6. The lowest BCUT2D eigenvalue weighted by molar-refractivity contribution is 0.0696. The van der Waals surface area contributed by atoms with Crippen LogP contribution in [0, 0.1) is 0 Å². The highest BCUT2D eigenvalue weighted by Crippen LogP contribution is 2.28. The fourth-order valence-electron chi connectivity index (χ4n) is 1.55. The molecule has 5 nitrogen and oxygen atoms in total. The van der Waals surface area contributed by atoms with Crippen molar-refractivity contribution < 1.29 is 22.7 Å². The zero-order chi connectivity index (χ0) is 14.9. The first-order chi connectivity index (χ1) is 9.29. The summed E-state index contributed by atoms with van der Waals surface area (Å²) in [5.41, 5.74) is -0.118. The van der Waals surface area contributed by atoms with Crippen molar-refractivity contribution in [1.29, 1.82) is 0 Å². The van der Waals surface area contributed by atoms with Crippen molar-refractivity contribution in [2.24, 2.45) is 0 Å². The number of benzene rings is 1. The first-order valence-electron chi connectivity index (χ1n) is 5.28. The van der Waals surface area contributed by atoms with E-state index in [1.807, 2.05) is 0 Å². The van der Waals surface area contributed by atoms with E-state index in [1.165, 1.54) is 18.2 Å². The molecule has 106 valence electrons. The molecule has 0 aliphatic carbocycles. The molecule has 0 radical (unpaired) electrons. The van der Waals surface area contributed by atoms with Crippen LogP contribution in [-0.2, 0) is 15.6 Å². The molecule has 1 aromatic heterocycles. The number of sulfone groups is 1. The Morgan fingerprint density at radius 3 is 2.55 bits per heavy atom. The van der Waals surface area contributed by atoms with Crippen LogP contribution in [0.1, 0.15) is 16.1 Å². The van der Waals surface area contributed by atoms with Gasteiger partial charge in [0.1, 0.15) is 17.8 Å². The molecule has 2 rings (SSSR count). The van der Waals surface area contributed by atoms with Gasteiger partial charge in [-0.3, -0.25) is 0 Å². The molecule has 2 aromatic rings. The van der Waals surface area contributed by atoms with E-state index in [-0.39, 0.29) is 26.3 Å². The molecule has 1 N–H and O–H groups in total. The Morgan fingerprint density at radius 1 is 1.25 bits per heavy atom. The SMILES string of the molecule is O=C(O)c1coc(CS(=O)(=O)c2cc(Cl)ccc2Cl)c1. The number of rotatable bonds is 4. The predicted molar refractivity (Wildman–Crippen MR) is 73.0 cm³/mol. The Hall–Kier alpha value is -1.50. The molecular formula is C12H8Cl2O5S. The summed E-state index contributed by atoms with van der Waals surface area (Å²) in [7, 11) is -3.78. The van der Waals surface area contributed by atoms with Crippen LogP contribution >= 0.6 is 23.2 Å². The largest absolute Gasteiger partial charge is 0.478 e. The lowest BCUT2D eigenvalue weighted by Gasteiger charge is -2.05. The lowest BCUT2D eigenvalue weighted by atomic mass is 10.3. The van der Waals surface area contributed by atoms with Crippen LogP contribution < -0.4 is 0 Å². The van der Waals surface area contributed by atoms with E-state index in [0.717, 1.165) is 12.3 Å². The molecule has 1 heterocycles. The van der Waals surface area contributed by atoms with Crippen molar-refractivity contribution in [3.8, 4) is 0 Å². The highest BCUT2D eigenvalue weighted by atomic mass is 35.5. The molecule has 0 aliphatic rings. The van der Waals surface area contributed by atoms with Crippen LogP contribution in [0.5, 0.6) is 0 Å². The maximum absolute atomic E-state index is 12.2. The maximum Gasteiger partial charge on any atom is 0.338 e. The smallest absolute Gasteiger partial charge is 0.338 e. The number of hydrogen-bond donors (Lipinski definition) is 1. The van der Waals surface area contributed by atoms with Crippen molar-refractivity contribution in [3.63, 3.8) is 0 Å². The second-order valence-electron chi connectivity index (χ2n) is 3.94. The average Bonchev–Trinajstić information content (AvgIpc) is 2.80. The van der Waals surface area contributed by atoms with Crippen molar-refractivity contribution in [3.05, 3.63) is 51.9 Å². The Morgan fingerprint density at radius 2 is 1.95 bits per heavy atom. The number of aromatic carboxylic acids is 1. The maximum atomic E-state index is 12.2. The van der Waals surface area contributed by atoms with Gasteiger partial charge in [0.25, 0.3) is 0 Å². The van der Waals surface area contributed by atoms with Crippen molar-refractivity contribution in [2.75, 3.05) is 0 Å². The molecular weight excluding hydrogens is 327 g/mol. The van der Waals surface area contributed by atoms with Crippen molar-refractivity contribution in [2.45, 2.75) is 10.6 Å². The molecule has 1 aromatic carbocycles. The molecule has 0 saturated carbocycles. The summed E-state index contributed by atoms with van der Waals surface area (Å²) in [6, 6.07) is 5.23. The molecule has 20 heavy (non-hydrogen) atoms. The molecule has 0 bridgehead atoms. The van der Waals surface area contributed by atoms with Crippen LogP contribution in [0.3, 0.4) is 0 Å². The minimum atomic E-state index is -3.78. The molecule has 8 heteroatoms. The van der Waals surface area contributed by atoms with Gasteiger partial charge in [-0.05, 0) is 24.3 Å². The van der Waals surface area contributed by atoms with E-state index in [0.29, 0.717) is 0 Å². The Kier molecular flexibility index (Phi) is 4.08. The Labute approximate surface area is 124 Å². The van der Waals surface area contributed by atoms with E-state index in [4.69, 9.17) is 32.7 Å². The van der Waals surface area contributed by atoms with E-state index in [2.05, 4.69) is 0 Å². The first-order valence-corrected chi connectivity index (χ1v) is 7.69. The number of hydrogen-bond acceptors (Lipinski definition) is 4. The van der Waals surface area contributed by atoms with Gasteiger partial charge in [0, 0.05) is 5.02 Å². The minimum absolute atomic E-state index is 0.0124. The Bertz CT molecular complexity index is 764. The second kappa shape index (κ2) is 5.47. The third-order valence-electron chi connectivity index (χ3n) is 2.46. The molecule has 0 amide bonds. The van der Waals surface area contributed by atoms with Gasteiger partial charge in [-0.15, -0.1) is 0 Å². The van der Waals surface area contributed by atoms with Crippen LogP contribution in [0.25, 0.3) is 0 Å². The summed E-state index contributed by atoms with van der Waals surface area (Å²) in [6.45, 7) is 0. The quantitative estimate of drug-likeness (QED) is 0.927. The molecule has 0 fully saturated rings. The summed E-state index contributed by atoms with van der Waals surface area (Å²) in [5.74, 6) is -1.68. The predicted octanol–water partition coefficient (Wildman–Crippen LogP) is 3.26. The number of halogens is 2. The summed E-state index contributed by atoms with van der Waals surface area (Å²) >= 11 is 11.6. The zero-order valence-electron chi connectivity index (χ0n) is 9.84. The molecule has 0 saturated heterocycles. The van der Waals surface area contributed by atoms with Crippen LogP contribution in [0.2, 0.25) is 10.0 Å². The number of furan rings is 1. The molecule has 0 aliphatic heterocycles. The third kappa shape index (κ3) is 3.15.